The Kier molecular flexibility index (Phi) is 10.3. The number of nitrogens with two attached hydrogens (primary N) is 1. The summed E-state index contributed by atoms with van der Waals surface area (Å²) in [7, 11) is 0. The fourth-order valence-corrected chi connectivity index (χ4v) is 2.42. The van der Waals surface area contributed by atoms with Crippen LogP contribution in [0.15, 0.2) is 24.3 Å². The summed E-state index contributed by atoms with van der Waals surface area (Å²) in [6, 6.07) is 7.46. The van der Waals surface area contributed by atoms with Crippen LogP contribution in [0.25, 0.3) is 11.0 Å². The Balaban J connectivity index is 0.00000220. The van der Waals surface area contributed by atoms with Crippen molar-refractivity contribution in [2.75, 3.05) is 18.6 Å². The molecule has 1 aromatic carbocycles. The van der Waals surface area contributed by atoms with Crippen LogP contribution in [0.1, 0.15) is 12.2 Å². The molecular weight excluding hydrogens is 343 g/mol. The van der Waals surface area contributed by atoms with E-state index in [1.807, 2.05) is 30.5 Å². The van der Waals surface area contributed by atoms with Crippen LogP contribution in [0.2, 0.25) is 0 Å². The summed E-state index contributed by atoms with van der Waals surface area (Å²) < 4.78 is 0. The van der Waals surface area contributed by atoms with Gasteiger partial charge in [0.1, 0.15) is 5.82 Å². The lowest BCUT2D eigenvalue weighted by Gasteiger charge is -2.10. The highest BCUT2D eigenvalue weighted by molar-refractivity contribution is 7.98. The molecule has 0 saturated heterocycles. The van der Waals surface area contributed by atoms with Gasteiger partial charge in [0.05, 0.1) is 17.1 Å². The van der Waals surface area contributed by atoms with Gasteiger partial charge in [-0.3, -0.25) is 4.79 Å². The third-order valence-corrected chi connectivity index (χ3v) is 3.71. The van der Waals surface area contributed by atoms with E-state index in [4.69, 9.17) is 5.73 Å². The zero-order valence-corrected chi connectivity index (χ0v) is 14.8. The van der Waals surface area contributed by atoms with Crippen LogP contribution < -0.4 is 11.1 Å². The summed E-state index contributed by atoms with van der Waals surface area (Å²) >= 11 is 1.70. The van der Waals surface area contributed by atoms with E-state index in [0.717, 1.165) is 22.6 Å². The highest BCUT2D eigenvalue weighted by Crippen LogP contribution is 2.10. The van der Waals surface area contributed by atoms with Gasteiger partial charge in [-0.05, 0) is 30.6 Å². The van der Waals surface area contributed by atoms with Gasteiger partial charge in [-0.1, -0.05) is 12.1 Å². The van der Waals surface area contributed by atoms with Gasteiger partial charge in [0.15, 0.2) is 0 Å². The molecule has 2 aromatic rings. The van der Waals surface area contributed by atoms with Gasteiger partial charge in [0.25, 0.3) is 0 Å². The molecule has 0 spiro atoms. The fraction of sp³-hybridized carbons (Fsp3) is 0.429. The first-order valence-electron chi connectivity index (χ1n) is 6.66. The Morgan fingerprint density at radius 3 is 2.82 bits per heavy atom. The first-order chi connectivity index (χ1) is 9.70. The third kappa shape index (κ3) is 6.04. The number of nitrogens with zero attached hydrogens (tertiary/aromatic N) is 1. The SMILES string of the molecule is CSCC[C@H](N)C(=O)NCCc1nc2ccccc2[nH]1.Cl.Cl. The average molecular weight is 365 g/mol. The molecule has 124 valence electrons. The molecule has 22 heavy (non-hydrogen) atoms. The van der Waals surface area contributed by atoms with Crippen molar-refractivity contribution in [3.8, 4) is 0 Å². The summed E-state index contributed by atoms with van der Waals surface area (Å²) in [5, 5.41) is 2.85. The lowest BCUT2D eigenvalue weighted by atomic mass is 10.2. The summed E-state index contributed by atoms with van der Waals surface area (Å²) in [6.07, 6.45) is 3.39. The van der Waals surface area contributed by atoms with Crippen molar-refractivity contribution in [1.29, 1.82) is 0 Å². The lowest BCUT2D eigenvalue weighted by molar-refractivity contribution is -0.122. The number of halogens is 2. The van der Waals surface area contributed by atoms with E-state index in [9.17, 15) is 4.79 Å². The van der Waals surface area contributed by atoms with Crippen LogP contribution in [0.3, 0.4) is 0 Å². The van der Waals surface area contributed by atoms with Crippen LogP contribution in [-0.2, 0) is 11.2 Å². The number of hydrogen-bond donors (Lipinski definition) is 3. The molecule has 5 nitrogen and oxygen atoms in total. The summed E-state index contributed by atoms with van der Waals surface area (Å²) in [4.78, 5) is 19.4. The number of aromatic nitrogens is 2. The van der Waals surface area contributed by atoms with Crippen molar-refractivity contribution < 1.29 is 4.79 Å². The number of H-pyrrole nitrogens is 1. The second-order valence-corrected chi connectivity index (χ2v) is 5.62. The number of carbonyl (C=O) groups excluding carboxylic acids is 1. The van der Waals surface area contributed by atoms with Gasteiger partial charge in [-0.25, -0.2) is 4.98 Å². The van der Waals surface area contributed by atoms with Crippen molar-refractivity contribution in [2.45, 2.75) is 18.9 Å². The number of hydrogen-bond acceptors (Lipinski definition) is 4. The smallest absolute Gasteiger partial charge is 0.236 e. The maximum Gasteiger partial charge on any atom is 0.236 e. The molecule has 0 saturated carbocycles. The standard InChI is InChI=1S/C14H20N4OS.2ClH/c1-20-9-7-10(15)14(19)16-8-6-13-17-11-4-2-3-5-12(11)18-13;;/h2-5,10H,6-9,15H2,1H3,(H,16,19)(H,17,18);2*1H/t10-;;/m0../s1. The predicted molar refractivity (Wildman–Crippen MR) is 98.3 cm³/mol. The van der Waals surface area contributed by atoms with Crippen LogP contribution >= 0.6 is 36.6 Å². The van der Waals surface area contributed by atoms with Crippen molar-refractivity contribution in [3.63, 3.8) is 0 Å². The summed E-state index contributed by atoms with van der Waals surface area (Å²) in [6.45, 7) is 0.547. The van der Waals surface area contributed by atoms with Crippen molar-refractivity contribution in [2.24, 2.45) is 5.73 Å². The Labute approximate surface area is 147 Å². The monoisotopic (exact) mass is 364 g/mol. The van der Waals surface area contributed by atoms with Gasteiger partial charge in [0, 0.05) is 13.0 Å². The number of aromatic amines is 1. The number of fused-ring (bicyclic) bond motifs is 1. The molecule has 2 rings (SSSR count). The molecular formula is C14H22Cl2N4OS. The van der Waals surface area contributed by atoms with Crippen molar-refractivity contribution in [1.82, 2.24) is 15.3 Å². The lowest BCUT2D eigenvalue weighted by Crippen LogP contribution is -2.41. The normalized spacial score (nSPS) is 11.4. The number of nitrogens with one attached hydrogen (secondary N) is 2. The van der Waals surface area contributed by atoms with Gasteiger partial charge in [0.2, 0.25) is 5.91 Å². The molecule has 1 atom stereocenters. The molecule has 1 amide bonds. The summed E-state index contributed by atoms with van der Waals surface area (Å²) in [5.74, 6) is 1.69. The number of rotatable bonds is 7. The first-order valence-corrected chi connectivity index (χ1v) is 8.06. The van der Waals surface area contributed by atoms with E-state index in [1.54, 1.807) is 11.8 Å². The molecule has 0 radical (unpaired) electrons. The molecule has 0 unspecified atom stereocenters. The van der Waals surface area contributed by atoms with E-state index in [1.165, 1.54) is 0 Å². The van der Waals surface area contributed by atoms with E-state index >= 15 is 0 Å². The zero-order valence-electron chi connectivity index (χ0n) is 12.4. The van der Waals surface area contributed by atoms with Gasteiger partial charge in [-0.15, -0.1) is 24.8 Å². The van der Waals surface area contributed by atoms with Crippen molar-refractivity contribution >= 4 is 53.5 Å². The van der Waals surface area contributed by atoms with Crippen molar-refractivity contribution in [3.05, 3.63) is 30.1 Å². The van der Waals surface area contributed by atoms with E-state index < -0.39 is 6.04 Å². The highest BCUT2D eigenvalue weighted by Gasteiger charge is 2.12. The minimum atomic E-state index is -0.418. The number of amides is 1. The highest BCUT2D eigenvalue weighted by atomic mass is 35.5. The Hall–Kier alpha value is -0.950. The Bertz CT molecular complexity index is 546. The Morgan fingerprint density at radius 1 is 1.41 bits per heavy atom. The fourth-order valence-electron chi connectivity index (χ4n) is 1.94. The average Bonchev–Trinajstić information content (AvgIpc) is 2.87. The van der Waals surface area contributed by atoms with Crippen LogP contribution in [-0.4, -0.2) is 40.5 Å². The maximum absolute atomic E-state index is 11.7. The second kappa shape index (κ2) is 10.7. The summed E-state index contributed by atoms with van der Waals surface area (Å²) in [5.41, 5.74) is 7.76. The molecule has 4 N–H and O–H groups in total. The van der Waals surface area contributed by atoms with Gasteiger partial charge >= 0.3 is 0 Å². The third-order valence-electron chi connectivity index (χ3n) is 3.07. The Morgan fingerprint density at radius 2 is 2.14 bits per heavy atom. The minimum Gasteiger partial charge on any atom is -0.354 e. The first kappa shape index (κ1) is 21.0. The number of benzene rings is 1. The predicted octanol–water partition coefficient (Wildman–Crippen LogP) is 2.15. The van der Waals surface area contributed by atoms with E-state index in [-0.39, 0.29) is 30.7 Å². The van der Waals surface area contributed by atoms with Crippen LogP contribution in [0.5, 0.6) is 0 Å². The van der Waals surface area contributed by atoms with Gasteiger partial charge in [-0.2, -0.15) is 11.8 Å². The number of carbonyl (C=O) groups is 1. The molecule has 0 aliphatic heterocycles. The van der Waals surface area contributed by atoms with E-state index in [0.29, 0.717) is 19.4 Å². The molecule has 0 aliphatic carbocycles. The minimum absolute atomic E-state index is 0. The van der Waals surface area contributed by atoms with Gasteiger partial charge < -0.3 is 16.0 Å². The number of thioether (sulfide) groups is 1. The quantitative estimate of drug-likeness (QED) is 0.702. The van der Waals surface area contributed by atoms with Crippen LogP contribution in [0.4, 0.5) is 0 Å². The molecule has 1 heterocycles. The molecule has 1 aromatic heterocycles. The topological polar surface area (TPSA) is 83.8 Å². The van der Waals surface area contributed by atoms with Crippen LogP contribution in [0, 0.1) is 0 Å². The molecule has 8 heteroatoms. The number of para-hydroxylation sites is 2. The largest absolute Gasteiger partial charge is 0.354 e. The van der Waals surface area contributed by atoms with E-state index in [2.05, 4.69) is 15.3 Å². The maximum atomic E-state index is 11.7. The zero-order chi connectivity index (χ0) is 14.4. The molecule has 0 bridgehead atoms. The number of imidazole rings is 1. The second-order valence-electron chi connectivity index (χ2n) is 4.63. The molecule has 0 aliphatic rings. The molecule has 0 fully saturated rings.